The van der Waals surface area contributed by atoms with Crippen molar-refractivity contribution in [2.75, 3.05) is 13.2 Å². The number of hydrogen-bond donors (Lipinski definition) is 1. The summed E-state index contributed by atoms with van der Waals surface area (Å²) in [5, 5.41) is 2.85. The summed E-state index contributed by atoms with van der Waals surface area (Å²) >= 11 is 0. The van der Waals surface area contributed by atoms with E-state index in [9.17, 15) is 18.4 Å². The van der Waals surface area contributed by atoms with Gasteiger partial charge in [0.2, 0.25) is 5.91 Å². The minimum atomic E-state index is -0.719. The molecule has 0 fully saturated rings. The number of hydrogen-bond acceptors (Lipinski definition) is 3. The topological polar surface area (TPSA) is 58.6 Å². The minimum absolute atomic E-state index is 0.0342. The van der Waals surface area contributed by atoms with E-state index >= 15 is 0 Å². The Kier molecular flexibility index (Phi) is 9.25. The number of rotatable bonds is 11. The van der Waals surface area contributed by atoms with E-state index in [1.165, 1.54) is 35.2 Å². The molecule has 0 saturated carbocycles. The van der Waals surface area contributed by atoms with Crippen LogP contribution in [0.3, 0.4) is 0 Å². The van der Waals surface area contributed by atoms with Crippen LogP contribution in [0.1, 0.15) is 38.7 Å². The first-order valence-electron chi connectivity index (χ1n) is 10.1. The van der Waals surface area contributed by atoms with E-state index < -0.39 is 24.4 Å². The highest BCUT2D eigenvalue weighted by Gasteiger charge is 2.29. The van der Waals surface area contributed by atoms with Gasteiger partial charge in [-0.25, -0.2) is 8.78 Å². The predicted octanol–water partition coefficient (Wildman–Crippen LogP) is 4.07. The molecular formula is C23H28F2N2O3. The third kappa shape index (κ3) is 6.83. The van der Waals surface area contributed by atoms with Gasteiger partial charge in [0.15, 0.2) is 18.2 Å². The van der Waals surface area contributed by atoms with Crippen LogP contribution >= 0.6 is 0 Å². The van der Waals surface area contributed by atoms with E-state index in [0.29, 0.717) is 18.5 Å². The van der Waals surface area contributed by atoms with Crippen molar-refractivity contribution in [1.82, 2.24) is 10.2 Å². The Morgan fingerprint density at radius 2 is 1.77 bits per heavy atom. The van der Waals surface area contributed by atoms with Gasteiger partial charge in [0.05, 0.1) is 0 Å². The van der Waals surface area contributed by atoms with Crippen LogP contribution < -0.4 is 10.1 Å². The second kappa shape index (κ2) is 11.9. The number of ether oxygens (including phenoxy) is 1. The molecule has 5 nitrogen and oxygen atoms in total. The zero-order chi connectivity index (χ0) is 21.9. The summed E-state index contributed by atoms with van der Waals surface area (Å²) < 4.78 is 32.4. The summed E-state index contributed by atoms with van der Waals surface area (Å²) in [6.07, 6.45) is 2.17. The number of carbonyl (C=O) groups excluding carboxylic acids is 2. The lowest BCUT2D eigenvalue weighted by Gasteiger charge is -2.30. The summed E-state index contributed by atoms with van der Waals surface area (Å²) in [5.41, 5.74) is 0.676. The van der Waals surface area contributed by atoms with E-state index in [1.807, 2.05) is 13.8 Å². The molecule has 0 unspecified atom stereocenters. The summed E-state index contributed by atoms with van der Waals surface area (Å²) in [6.45, 7) is 4.05. The molecule has 0 aliphatic carbocycles. The molecule has 1 atom stereocenters. The Balaban J connectivity index is 2.17. The maximum absolute atomic E-state index is 13.8. The molecule has 2 amide bonds. The fourth-order valence-corrected chi connectivity index (χ4v) is 3.00. The van der Waals surface area contributed by atoms with Gasteiger partial charge in [-0.1, -0.05) is 44.5 Å². The van der Waals surface area contributed by atoms with E-state index in [1.54, 1.807) is 18.2 Å². The fourth-order valence-electron chi connectivity index (χ4n) is 3.00. The second-order valence-corrected chi connectivity index (χ2v) is 6.94. The fraction of sp³-hybridized carbons (Fsp3) is 0.391. The number of carbonyl (C=O) groups is 2. The first kappa shape index (κ1) is 23.3. The van der Waals surface area contributed by atoms with Gasteiger partial charge in [-0.15, -0.1) is 0 Å². The van der Waals surface area contributed by atoms with E-state index in [0.717, 1.165) is 12.8 Å². The van der Waals surface area contributed by atoms with E-state index in [2.05, 4.69) is 5.32 Å². The Hall–Kier alpha value is -2.96. The number of amides is 2. The minimum Gasteiger partial charge on any atom is -0.481 e. The molecule has 0 aromatic heterocycles. The molecule has 0 bridgehead atoms. The molecular weight excluding hydrogens is 390 g/mol. The van der Waals surface area contributed by atoms with Crippen LogP contribution in [0, 0.1) is 11.6 Å². The molecule has 7 heteroatoms. The Morgan fingerprint density at radius 1 is 1.07 bits per heavy atom. The molecule has 2 aromatic rings. The number of halogens is 2. The van der Waals surface area contributed by atoms with Crippen LogP contribution in [-0.2, 0) is 16.1 Å². The number of nitrogens with zero attached hydrogens (tertiary/aromatic N) is 1. The number of nitrogens with one attached hydrogen (secondary N) is 1. The lowest BCUT2D eigenvalue weighted by atomic mass is 10.1. The van der Waals surface area contributed by atoms with Crippen molar-refractivity contribution in [1.29, 1.82) is 0 Å². The van der Waals surface area contributed by atoms with Crippen molar-refractivity contribution in [2.24, 2.45) is 0 Å². The van der Waals surface area contributed by atoms with Crippen molar-refractivity contribution < 1.29 is 23.1 Å². The van der Waals surface area contributed by atoms with Gasteiger partial charge in [0.25, 0.3) is 5.91 Å². The number of para-hydroxylation sites is 1. The van der Waals surface area contributed by atoms with Crippen molar-refractivity contribution in [3.05, 3.63) is 65.7 Å². The van der Waals surface area contributed by atoms with Gasteiger partial charge in [0.1, 0.15) is 11.9 Å². The normalized spacial score (nSPS) is 11.6. The molecule has 2 rings (SSSR count). The summed E-state index contributed by atoms with van der Waals surface area (Å²) in [7, 11) is 0. The largest absolute Gasteiger partial charge is 0.481 e. The SMILES string of the molecule is CCCCNC(=O)[C@H](CC)N(Cc1ccc(F)cc1)C(=O)COc1ccccc1F. The molecule has 1 N–H and O–H groups in total. The molecule has 0 aliphatic rings. The molecule has 30 heavy (non-hydrogen) atoms. The zero-order valence-corrected chi connectivity index (χ0v) is 17.4. The van der Waals surface area contributed by atoms with Crippen molar-refractivity contribution in [3.63, 3.8) is 0 Å². The van der Waals surface area contributed by atoms with Gasteiger partial charge in [0, 0.05) is 13.1 Å². The first-order chi connectivity index (χ1) is 14.5. The summed E-state index contributed by atoms with van der Waals surface area (Å²) in [4.78, 5) is 27.1. The van der Waals surface area contributed by atoms with Crippen molar-refractivity contribution >= 4 is 11.8 Å². The van der Waals surface area contributed by atoms with Gasteiger partial charge in [-0.3, -0.25) is 9.59 Å². The molecule has 162 valence electrons. The Bertz CT molecular complexity index is 827. The van der Waals surface area contributed by atoms with Crippen molar-refractivity contribution in [3.8, 4) is 5.75 Å². The van der Waals surface area contributed by atoms with Gasteiger partial charge in [-0.05, 0) is 42.7 Å². The first-order valence-corrected chi connectivity index (χ1v) is 10.1. The van der Waals surface area contributed by atoms with Crippen LogP contribution in [-0.4, -0.2) is 35.9 Å². The van der Waals surface area contributed by atoms with Gasteiger partial charge in [-0.2, -0.15) is 0 Å². The Labute approximate surface area is 176 Å². The summed E-state index contributed by atoms with van der Waals surface area (Å²) in [5.74, 6) is -1.70. The molecule has 0 spiro atoms. The smallest absolute Gasteiger partial charge is 0.261 e. The quantitative estimate of drug-likeness (QED) is 0.560. The van der Waals surface area contributed by atoms with E-state index in [4.69, 9.17) is 4.74 Å². The molecule has 0 radical (unpaired) electrons. The number of unbranched alkanes of at least 4 members (excludes halogenated alkanes) is 1. The maximum Gasteiger partial charge on any atom is 0.261 e. The third-order valence-electron chi connectivity index (χ3n) is 4.67. The molecule has 0 saturated heterocycles. The van der Waals surface area contributed by atoms with Gasteiger partial charge < -0.3 is 15.0 Å². The Morgan fingerprint density at radius 3 is 2.40 bits per heavy atom. The lowest BCUT2D eigenvalue weighted by Crippen LogP contribution is -2.50. The molecule has 0 aliphatic heterocycles. The highest BCUT2D eigenvalue weighted by molar-refractivity contribution is 5.88. The second-order valence-electron chi connectivity index (χ2n) is 6.94. The average Bonchev–Trinajstić information content (AvgIpc) is 2.74. The van der Waals surface area contributed by atoms with Crippen LogP contribution in [0.4, 0.5) is 8.78 Å². The maximum atomic E-state index is 13.8. The summed E-state index contributed by atoms with van der Waals surface area (Å²) in [6, 6.07) is 10.8. The highest BCUT2D eigenvalue weighted by atomic mass is 19.1. The molecule has 2 aromatic carbocycles. The van der Waals surface area contributed by atoms with Crippen LogP contribution in [0.2, 0.25) is 0 Å². The van der Waals surface area contributed by atoms with Crippen LogP contribution in [0.25, 0.3) is 0 Å². The predicted molar refractivity (Wildman–Crippen MR) is 111 cm³/mol. The number of benzene rings is 2. The third-order valence-corrected chi connectivity index (χ3v) is 4.67. The van der Waals surface area contributed by atoms with Crippen molar-refractivity contribution in [2.45, 2.75) is 45.7 Å². The highest BCUT2D eigenvalue weighted by Crippen LogP contribution is 2.17. The van der Waals surface area contributed by atoms with Crippen LogP contribution in [0.5, 0.6) is 5.75 Å². The average molecular weight is 418 g/mol. The zero-order valence-electron chi connectivity index (χ0n) is 17.4. The monoisotopic (exact) mass is 418 g/mol. The standard InChI is InChI=1S/C23H28F2N2O3/c1-3-5-14-26-23(29)20(4-2)27(15-17-10-12-18(24)13-11-17)22(28)16-30-21-9-7-6-8-19(21)25/h6-13,20H,3-5,14-16H2,1-2H3,(H,26,29)/t20-/m0/s1. The van der Waals surface area contributed by atoms with E-state index in [-0.39, 0.29) is 24.0 Å². The molecule has 0 heterocycles. The lowest BCUT2D eigenvalue weighted by molar-refractivity contribution is -0.143. The van der Waals surface area contributed by atoms with Crippen LogP contribution in [0.15, 0.2) is 48.5 Å². The van der Waals surface area contributed by atoms with Gasteiger partial charge >= 0.3 is 0 Å².